The van der Waals surface area contributed by atoms with Crippen LogP contribution in [0.3, 0.4) is 0 Å². The molecule has 1 aliphatic rings. The highest BCUT2D eigenvalue weighted by atomic mass is 32.2. The molecule has 3 rings (SSSR count). The van der Waals surface area contributed by atoms with Gasteiger partial charge in [-0.3, -0.25) is 4.79 Å². The SMILES string of the molecule is CN(CC(=O)NCCc1ccccc1)S(=O)(=O)c1ccc2c(c1)OCCO2. The summed E-state index contributed by atoms with van der Waals surface area (Å²) < 4.78 is 37.2. The Bertz CT molecular complexity index is 900. The van der Waals surface area contributed by atoms with E-state index in [0.717, 1.165) is 9.87 Å². The van der Waals surface area contributed by atoms with E-state index in [9.17, 15) is 13.2 Å². The second kappa shape index (κ2) is 8.41. The van der Waals surface area contributed by atoms with Crippen molar-refractivity contribution < 1.29 is 22.7 Å². The number of nitrogens with one attached hydrogen (secondary N) is 1. The Kier molecular flexibility index (Phi) is 5.98. The Morgan fingerprint density at radius 2 is 1.78 bits per heavy atom. The average Bonchev–Trinajstić information content (AvgIpc) is 2.68. The van der Waals surface area contributed by atoms with Crippen molar-refractivity contribution in [1.82, 2.24) is 9.62 Å². The lowest BCUT2D eigenvalue weighted by Crippen LogP contribution is -2.39. The number of nitrogens with zero attached hydrogens (tertiary/aromatic N) is 1. The normalized spacial score (nSPS) is 13.4. The highest BCUT2D eigenvalue weighted by Crippen LogP contribution is 2.32. The second-order valence-electron chi connectivity index (χ2n) is 6.15. The smallest absolute Gasteiger partial charge is 0.243 e. The highest BCUT2D eigenvalue weighted by Gasteiger charge is 2.25. The minimum Gasteiger partial charge on any atom is -0.486 e. The van der Waals surface area contributed by atoms with E-state index >= 15 is 0 Å². The summed E-state index contributed by atoms with van der Waals surface area (Å²) >= 11 is 0. The van der Waals surface area contributed by atoms with Crippen LogP contribution in [0.25, 0.3) is 0 Å². The van der Waals surface area contributed by atoms with Gasteiger partial charge in [0.05, 0.1) is 11.4 Å². The molecule has 144 valence electrons. The topological polar surface area (TPSA) is 84.9 Å². The summed E-state index contributed by atoms with van der Waals surface area (Å²) in [6, 6.07) is 14.2. The Balaban J connectivity index is 1.57. The van der Waals surface area contributed by atoms with E-state index in [4.69, 9.17) is 9.47 Å². The maximum atomic E-state index is 12.7. The zero-order valence-corrected chi connectivity index (χ0v) is 15.9. The summed E-state index contributed by atoms with van der Waals surface area (Å²) in [4.78, 5) is 12.2. The van der Waals surface area contributed by atoms with Crippen LogP contribution in [0, 0.1) is 0 Å². The summed E-state index contributed by atoms with van der Waals surface area (Å²) in [6.07, 6.45) is 0.686. The van der Waals surface area contributed by atoms with Crippen molar-refractivity contribution in [2.45, 2.75) is 11.3 Å². The quantitative estimate of drug-likeness (QED) is 0.773. The summed E-state index contributed by atoms with van der Waals surface area (Å²) in [7, 11) is -2.43. The molecule has 1 heterocycles. The van der Waals surface area contributed by atoms with Gasteiger partial charge in [-0.05, 0) is 24.1 Å². The zero-order valence-electron chi connectivity index (χ0n) is 15.1. The number of carbonyl (C=O) groups is 1. The first-order valence-corrected chi connectivity index (χ1v) is 10.1. The molecule has 0 spiro atoms. The van der Waals surface area contributed by atoms with Crippen molar-refractivity contribution in [2.75, 3.05) is 33.4 Å². The van der Waals surface area contributed by atoms with Crippen molar-refractivity contribution >= 4 is 15.9 Å². The van der Waals surface area contributed by atoms with Crippen LogP contribution < -0.4 is 14.8 Å². The van der Waals surface area contributed by atoms with Crippen LogP contribution in [-0.2, 0) is 21.2 Å². The van der Waals surface area contributed by atoms with Crippen LogP contribution in [0.15, 0.2) is 53.4 Å². The molecule has 27 heavy (non-hydrogen) atoms. The first-order valence-electron chi connectivity index (χ1n) is 8.63. The summed E-state index contributed by atoms with van der Waals surface area (Å²) in [5, 5.41) is 2.75. The van der Waals surface area contributed by atoms with Gasteiger partial charge in [0.25, 0.3) is 0 Å². The van der Waals surface area contributed by atoms with Crippen LogP contribution in [0.5, 0.6) is 11.5 Å². The molecule has 1 N–H and O–H groups in total. The molecule has 0 aliphatic carbocycles. The molecule has 0 bridgehead atoms. The number of benzene rings is 2. The molecule has 8 heteroatoms. The van der Waals surface area contributed by atoms with Gasteiger partial charge in [-0.2, -0.15) is 4.31 Å². The van der Waals surface area contributed by atoms with Crippen molar-refractivity contribution in [3.05, 3.63) is 54.1 Å². The number of hydrogen-bond donors (Lipinski definition) is 1. The number of ether oxygens (including phenoxy) is 2. The molecular formula is C19H22N2O5S. The lowest BCUT2D eigenvalue weighted by atomic mass is 10.1. The van der Waals surface area contributed by atoms with Crippen molar-refractivity contribution in [3.63, 3.8) is 0 Å². The van der Waals surface area contributed by atoms with Crippen LogP contribution in [0.2, 0.25) is 0 Å². The van der Waals surface area contributed by atoms with Gasteiger partial charge in [-0.1, -0.05) is 30.3 Å². The van der Waals surface area contributed by atoms with Crippen LogP contribution >= 0.6 is 0 Å². The molecule has 0 fully saturated rings. The van der Waals surface area contributed by atoms with Gasteiger partial charge in [0.1, 0.15) is 13.2 Å². The number of hydrogen-bond acceptors (Lipinski definition) is 5. The molecule has 2 aromatic carbocycles. The summed E-state index contributed by atoms with van der Waals surface area (Å²) in [6.45, 7) is 0.991. The number of likely N-dealkylation sites (N-methyl/N-ethyl adjacent to an activating group) is 1. The van der Waals surface area contributed by atoms with E-state index in [1.54, 1.807) is 6.07 Å². The molecule has 0 aromatic heterocycles. The molecule has 2 aromatic rings. The fourth-order valence-electron chi connectivity index (χ4n) is 2.70. The van der Waals surface area contributed by atoms with E-state index in [1.807, 2.05) is 30.3 Å². The third-order valence-corrected chi connectivity index (χ3v) is 5.97. The van der Waals surface area contributed by atoms with Crippen molar-refractivity contribution in [1.29, 1.82) is 0 Å². The molecule has 1 amide bonds. The van der Waals surface area contributed by atoms with E-state index in [0.29, 0.717) is 37.7 Å². The molecular weight excluding hydrogens is 368 g/mol. The number of rotatable bonds is 7. The van der Waals surface area contributed by atoms with Gasteiger partial charge in [0.2, 0.25) is 15.9 Å². The van der Waals surface area contributed by atoms with Gasteiger partial charge >= 0.3 is 0 Å². The number of sulfonamides is 1. The van der Waals surface area contributed by atoms with Gasteiger partial charge in [0, 0.05) is 19.7 Å². The number of amides is 1. The lowest BCUT2D eigenvalue weighted by Gasteiger charge is -2.21. The minimum atomic E-state index is -3.81. The van der Waals surface area contributed by atoms with Gasteiger partial charge < -0.3 is 14.8 Å². The highest BCUT2D eigenvalue weighted by molar-refractivity contribution is 7.89. The Hall–Kier alpha value is -2.58. The Labute approximate surface area is 158 Å². The van der Waals surface area contributed by atoms with Crippen molar-refractivity contribution in [2.24, 2.45) is 0 Å². The second-order valence-corrected chi connectivity index (χ2v) is 8.20. The molecule has 0 saturated carbocycles. The number of carbonyl (C=O) groups excluding carboxylic acids is 1. The molecule has 0 saturated heterocycles. The third kappa shape index (κ3) is 4.78. The predicted octanol–water partition coefficient (Wildman–Crippen LogP) is 1.44. The van der Waals surface area contributed by atoms with E-state index in [1.165, 1.54) is 19.2 Å². The maximum absolute atomic E-state index is 12.7. The van der Waals surface area contributed by atoms with E-state index in [2.05, 4.69) is 5.32 Å². The summed E-state index contributed by atoms with van der Waals surface area (Å²) in [5.74, 6) is 0.555. The fourth-order valence-corrected chi connectivity index (χ4v) is 3.84. The lowest BCUT2D eigenvalue weighted by molar-refractivity contribution is -0.121. The molecule has 0 unspecified atom stereocenters. The van der Waals surface area contributed by atoms with Crippen LogP contribution in [0.1, 0.15) is 5.56 Å². The Morgan fingerprint density at radius 1 is 1.07 bits per heavy atom. The van der Waals surface area contributed by atoms with Crippen LogP contribution in [0.4, 0.5) is 0 Å². The third-order valence-electron chi connectivity index (χ3n) is 4.17. The largest absolute Gasteiger partial charge is 0.486 e. The first-order chi connectivity index (χ1) is 13.0. The molecule has 0 radical (unpaired) electrons. The van der Waals surface area contributed by atoms with Gasteiger partial charge in [0.15, 0.2) is 11.5 Å². The monoisotopic (exact) mass is 390 g/mol. The summed E-state index contributed by atoms with van der Waals surface area (Å²) in [5.41, 5.74) is 1.11. The van der Waals surface area contributed by atoms with Crippen molar-refractivity contribution in [3.8, 4) is 11.5 Å². The maximum Gasteiger partial charge on any atom is 0.243 e. The molecule has 7 nitrogen and oxygen atoms in total. The average molecular weight is 390 g/mol. The predicted molar refractivity (Wildman–Crippen MR) is 100 cm³/mol. The van der Waals surface area contributed by atoms with E-state index < -0.39 is 10.0 Å². The first kappa shape index (κ1) is 19.2. The van der Waals surface area contributed by atoms with Gasteiger partial charge in [-0.15, -0.1) is 0 Å². The standard InChI is InChI=1S/C19H22N2O5S/c1-21(14-19(22)20-10-9-15-5-3-2-4-6-15)27(23,24)16-7-8-17-18(13-16)26-12-11-25-17/h2-8,13H,9-12,14H2,1H3,(H,20,22). The van der Waals surface area contributed by atoms with Gasteiger partial charge in [-0.25, -0.2) is 8.42 Å². The molecule has 1 aliphatic heterocycles. The zero-order chi connectivity index (χ0) is 19.3. The van der Waals surface area contributed by atoms with Crippen LogP contribution in [-0.4, -0.2) is 52.0 Å². The molecule has 0 atom stereocenters. The van der Waals surface area contributed by atoms with E-state index in [-0.39, 0.29) is 17.3 Å². The number of fused-ring (bicyclic) bond motifs is 1. The Morgan fingerprint density at radius 3 is 2.52 bits per heavy atom. The fraction of sp³-hybridized carbons (Fsp3) is 0.316. The minimum absolute atomic E-state index is 0.0614.